The van der Waals surface area contributed by atoms with Crippen molar-refractivity contribution in [2.45, 2.75) is 19.3 Å². The lowest BCUT2D eigenvalue weighted by Crippen LogP contribution is -2.33. The number of hydrogen-bond donors (Lipinski definition) is 1. The molecule has 0 bridgehead atoms. The van der Waals surface area contributed by atoms with Crippen LogP contribution in [0.3, 0.4) is 0 Å². The maximum absolute atomic E-state index is 10.4. The van der Waals surface area contributed by atoms with E-state index < -0.39 is 0 Å². The van der Waals surface area contributed by atoms with Crippen LogP contribution in [-0.4, -0.2) is 60.2 Å². The number of hydrogen-bond acceptors (Lipinski definition) is 6. The van der Waals surface area contributed by atoms with Crippen LogP contribution in [0, 0.1) is 0 Å². The van der Waals surface area contributed by atoms with Gasteiger partial charge in [-0.2, -0.15) is 5.10 Å². The summed E-state index contributed by atoms with van der Waals surface area (Å²) in [6.07, 6.45) is 3.92. The Labute approximate surface area is 217 Å². The molecule has 0 saturated carbocycles. The lowest BCUT2D eigenvalue weighted by atomic mass is 10.1. The number of benzene rings is 3. The standard InChI is InChI=1S/C30H33N3O4/c1-35-28-19-23(20-29(36-2)30(28)34)27-21-26(31-33(27)24-9-5-3-6-10-24)22-11-13-25(14-12-22)37-18-17-32-15-7-4-8-16-32/h3,5-6,9-14,19-21,34H,4,7-8,15-18H2,1-2H3. The molecule has 1 saturated heterocycles. The summed E-state index contributed by atoms with van der Waals surface area (Å²) in [7, 11) is 3.04. The van der Waals surface area contributed by atoms with E-state index in [-0.39, 0.29) is 5.75 Å². The zero-order chi connectivity index (χ0) is 25.6. The number of nitrogens with zero attached hydrogens (tertiary/aromatic N) is 3. The van der Waals surface area contributed by atoms with Crippen molar-refractivity contribution >= 4 is 0 Å². The third-order valence-electron chi connectivity index (χ3n) is 6.76. The number of phenolic OH excluding ortho intramolecular Hbond substituents is 1. The van der Waals surface area contributed by atoms with Crippen LogP contribution in [0.1, 0.15) is 19.3 Å². The van der Waals surface area contributed by atoms with E-state index in [0.717, 1.165) is 40.5 Å². The second-order valence-electron chi connectivity index (χ2n) is 9.17. The van der Waals surface area contributed by atoms with Gasteiger partial charge in [0.15, 0.2) is 11.5 Å². The molecule has 0 spiro atoms. The Morgan fingerprint density at radius 2 is 1.49 bits per heavy atom. The first-order valence-electron chi connectivity index (χ1n) is 12.7. The average molecular weight is 500 g/mol. The Hall–Kier alpha value is -3.97. The van der Waals surface area contributed by atoms with Gasteiger partial charge < -0.3 is 19.3 Å². The quantitative estimate of drug-likeness (QED) is 0.314. The molecule has 0 atom stereocenters. The van der Waals surface area contributed by atoms with Crippen molar-refractivity contribution in [1.29, 1.82) is 0 Å². The minimum atomic E-state index is -0.0318. The number of piperidine rings is 1. The van der Waals surface area contributed by atoms with E-state index in [1.54, 1.807) is 12.1 Å². The Kier molecular flexibility index (Phi) is 7.61. The molecule has 5 rings (SSSR count). The fraction of sp³-hybridized carbons (Fsp3) is 0.300. The van der Waals surface area contributed by atoms with Gasteiger partial charge >= 0.3 is 0 Å². The third-order valence-corrected chi connectivity index (χ3v) is 6.76. The van der Waals surface area contributed by atoms with Gasteiger partial charge in [0.1, 0.15) is 12.4 Å². The Morgan fingerprint density at radius 3 is 2.14 bits per heavy atom. The van der Waals surface area contributed by atoms with Crippen molar-refractivity contribution in [3.05, 3.63) is 72.8 Å². The van der Waals surface area contributed by atoms with Crippen molar-refractivity contribution in [3.63, 3.8) is 0 Å². The molecule has 0 radical (unpaired) electrons. The van der Waals surface area contributed by atoms with Crippen molar-refractivity contribution in [1.82, 2.24) is 14.7 Å². The molecule has 0 unspecified atom stereocenters. The highest BCUT2D eigenvalue weighted by Gasteiger charge is 2.18. The number of aromatic nitrogens is 2. The van der Waals surface area contributed by atoms with Gasteiger partial charge in [0.05, 0.1) is 31.3 Å². The molecular weight excluding hydrogens is 466 g/mol. The molecule has 0 amide bonds. The number of methoxy groups -OCH3 is 2. The molecule has 1 N–H and O–H groups in total. The van der Waals surface area contributed by atoms with Crippen LogP contribution in [0.4, 0.5) is 0 Å². The normalized spacial score (nSPS) is 13.9. The van der Waals surface area contributed by atoms with Crippen LogP contribution in [0.5, 0.6) is 23.0 Å². The molecule has 37 heavy (non-hydrogen) atoms. The van der Waals surface area contributed by atoms with Crippen molar-refractivity contribution < 1.29 is 19.3 Å². The first-order valence-corrected chi connectivity index (χ1v) is 12.7. The first kappa shape index (κ1) is 24.7. The van der Waals surface area contributed by atoms with E-state index in [0.29, 0.717) is 18.1 Å². The Balaban J connectivity index is 1.42. The van der Waals surface area contributed by atoms with Crippen LogP contribution < -0.4 is 14.2 Å². The summed E-state index contributed by atoms with van der Waals surface area (Å²) in [5.74, 6) is 1.50. The molecule has 2 heterocycles. The lowest BCUT2D eigenvalue weighted by molar-refractivity contribution is 0.183. The fourth-order valence-electron chi connectivity index (χ4n) is 4.73. The molecule has 7 nitrogen and oxygen atoms in total. The Morgan fingerprint density at radius 1 is 0.811 bits per heavy atom. The highest BCUT2D eigenvalue weighted by molar-refractivity contribution is 5.74. The summed E-state index contributed by atoms with van der Waals surface area (Å²) < 4.78 is 18.7. The molecule has 1 aliphatic heterocycles. The second-order valence-corrected chi connectivity index (χ2v) is 9.17. The zero-order valence-corrected chi connectivity index (χ0v) is 21.4. The van der Waals surface area contributed by atoms with Crippen LogP contribution >= 0.6 is 0 Å². The SMILES string of the molecule is COc1cc(-c2cc(-c3ccc(OCCN4CCCCC4)cc3)nn2-c2ccccc2)cc(OC)c1O. The Bertz CT molecular complexity index is 1290. The van der Waals surface area contributed by atoms with E-state index in [9.17, 15) is 5.11 Å². The average Bonchev–Trinajstić information content (AvgIpc) is 3.40. The molecule has 1 aromatic heterocycles. The van der Waals surface area contributed by atoms with E-state index in [1.165, 1.54) is 46.6 Å². The minimum Gasteiger partial charge on any atom is -0.502 e. The summed E-state index contributed by atoms with van der Waals surface area (Å²) in [5, 5.41) is 15.3. The van der Waals surface area contributed by atoms with Gasteiger partial charge in [-0.05, 0) is 80.5 Å². The maximum Gasteiger partial charge on any atom is 0.200 e. The van der Waals surface area contributed by atoms with Crippen molar-refractivity contribution in [3.8, 4) is 51.2 Å². The minimum absolute atomic E-state index is 0.0318. The first-order chi connectivity index (χ1) is 18.2. The largest absolute Gasteiger partial charge is 0.502 e. The number of rotatable bonds is 9. The molecule has 0 aliphatic carbocycles. The van der Waals surface area contributed by atoms with Crippen molar-refractivity contribution in [2.24, 2.45) is 0 Å². The summed E-state index contributed by atoms with van der Waals surface area (Å²) >= 11 is 0. The van der Waals surface area contributed by atoms with E-state index >= 15 is 0 Å². The maximum atomic E-state index is 10.4. The summed E-state index contributed by atoms with van der Waals surface area (Å²) in [6, 6.07) is 23.6. The van der Waals surface area contributed by atoms with Gasteiger partial charge in [0.25, 0.3) is 0 Å². The number of para-hydroxylation sites is 1. The van der Waals surface area contributed by atoms with Gasteiger partial charge in [0.2, 0.25) is 5.75 Å². The molecule has 1 aliphatic rings. The van der Waals surface area contributed by atoms with Gasteiger partial charge in [0, 0.05) is 17.7 Å². The van der Waals surface area contributed by atoms with Gasteiger partial charge in [-0.3, -0.25) is 4.90 Å². The van der Waals surface area contributed by atoms with E-state index in [2.05, 4.69) is 4.90 Å². The fourth-order valence-corrected chi connectivity index (χ4v) is 4.73. The van der Waals surface area contributed by atoms with E-state index in [1.807, 2.05) is 65.3 Å². The number of phenols is 1. The predicted molar refractivity (Wildman–Crippen MR) is 145 cm³/mol. The number of likely N-dealkylation sites (tertiary alicyclic amines) is 1. The highest BCUT2D eigenvalue weighted by atomic mass is 16.5. The molecule has 7 heteroatoms. The zero-order valence-electron chi connectivity index (χ0n) is 21.4. The van der Waals surface area contributed by atoms with Gasteiger partial charge in [-0.15, -0.1) is 0 Å². The monoisotopic (exact) mass is 499 g/mol. The number of ether oxygens (including phenoxy) is 3. The van der Waals surface area contributed by atoms with Gasteiger partial charge in [-0.1, -0.05) is 24.6 Å². The van der Waals surface area contributed by atoms with E-state index in [4.69, 9.17) is 19.3 Å². The van der Waals surface area contributed by atoms with Crippen LogP contribution in [0.15, 0.2) is 72.8 Å². The van der Waals surface area contributed by atoms with Crippen LogP contribution in [-0.2, 0) is 0 Å². The smallest absolute Gasteiger partial charge is 0.200 e. The lowest BCUT2D eigenvalue weighted by Gasteiger charge is -2.26. The van der Waals surface area contributed by atoms with Gasteiger partial charge in [-0.25, -0.2) is 4.68 Å². The second kappa shape index (κ2) is 11.4. The molecule has 1 fully saturated rings. The number of aromatic hydroxyl groups is 1. The van der Waals surface area contributed by atoms with Crippen LogP contribution in [0.2, 0.25) is 0 Å². The summed E-state index contributed by atoms with van der Waals surface area (Å²) in [4.78, 5) is 2.48. The molecule has 192 valence electrons. The molecule has 3 aromatic carbocycles. The highest BCUT2D eigenvalue weighted by Crippen LogP contribution is 2.41. The third kappa shape index (κ3) is 5.57. The predicted octanol–water partition coefficient (Wildman–Crippen LogP) is 5.79. The summed E-state index contributed by atoms with van der Waals surface area (Å²) in [6.45, 7) is 4.00. The van der Waals surface area contributed by atoms with Crippen LogP contribution in [0.25, 0.3) is 28.2 Å². The molecule has 4 aromatic rings. The van der Waals surface area contributed by atoms with Crippen molar-refractivity contribution in [2.75, 3.05) is 40.5 Å². The molecular formula is C30H33N3O4. The summed E-state index contributed by atoms with van der Waals surface area (Å²) in [5.41, 5.74) is 4.39. The topological polar surface area (TPSA) is 69.0 Å².